The Morgan fingerprint density at radius 3 is 2.50 bits per heavy atom. The number of hydrogen-bond acceptors (Lipinski definition) is 1. The Morgan fingerprint density at radius 2 is 2.00 bits per heavy atom. The Balaban J connectivity index is 2.29. The van der Waals surface area contributed by atoms with E-state index in [1.165, 1.54) is 32.1 Å². The van der Waals surface area contributed by atoms with Gasteiger partial charge < -0.3 is 4.74 Å². The van der Waals surface area contributed by atoms with Crippen LogP contribution < -0.4 is 0 Å². The first-order valence-corrected chi connectivity index (χ1v) is 6.05. The van der Waals surface area contributed by atoms with E-state index >= 15 is 0 Å². The van der Waals surface area contributed by atoms with Gasteiger partial charge in [0.1, 0.15) is 0 Å². The van der Waals surface area contributed by atoms with Gasteiger partial charge in [-0.3, -0.25) is 0 Å². The molecule has 0 saturated heterocycles. The molecule has 0 aromatic heterocycles. The Labute approximate surface area is 84.0 Å². The molecule has 0 aliphatic heterocycles. The number of halogens is 1. The van der Waals surface area contributed by atoms with E-state index in [0.717, 1.165) is 23.8 Å². The molecule has 1 rings (SSSR count). The Kier molecular flexibility index (Phi) is 5.24. The highest BCUT2D eigenvalue weighted by atomic mass is 79.9. The largest absolute Gasteiger partial charge is 0.384 e. The lowest BCUT2D eigenvalue weighted by atomic mass is 9.81. The fraction of sp³-hybridized carbons (Fsp3) is 1.00. The third-order valence-corrected chi connectivity index (χ3v) is 3.73. The molecule has 0 spiro atoms. The van der Waals surface area contributed by atoms with Crippen LogP contribution in [0.4, 0.5) is 0 Å². The number of methoxy groups -OCH3 is 1. The standard InChI is InChI=1S/C10H19BrO/c1-12-8-10(7-11)9-5-3-2-4-6-9/h9-10H,2-8H2,1H3. The molecule has 1 aliphatic carbocycles. The normalized spacial score (nSPS) is 22.5. The van der Waals surface area contributed by atoms with Crippen molar-refractivity contribution in [3.05, 3.63) is 0 Å². The lowest BCUT2D eigenvalue weighted by molar-refractivity contribution is 0.117. The summed E-state index contributed by atoms with van der Waals surface area (Å²) in [5.41, 5.74) is 0. The van der Waals surface area contributed by atoms with Crippen molar-refractivity contribution >= 4 is 15.9 Å². The first-order valence-electron chi connectivity index (χ1n) is 4.93. The van der Waals surface area contributed by atoms with Gasteiger partial charge in [0.15, 0.2) is 0 Å². The lowest BCUT2D eigenvalue weighted by Gasteiger charge is -2.28. The van der Waals surface area contributed by atoms with Gasteiger partial charge in [-0.15, -0.1) is 0 Å². The van der Waals surface area contributed by atoms with Crippen LogP contribution in [-0.4, -0.2) is 19.0 Å². The minimum atomic E-state index is 0.746. The molecule has 0 bridgehead atoms. The average Bonchev–Trinajstić information content (AvgIpc) is 2.15. The summed E-state index contributed by atoms with van der Waals surface area (Å²) in [7, 11) is 1.80. The predicted octanol–water partition coefficient (Wildman–Crippen LogP) is 3.22. The van der Waals surface area contributed by atoms with Gasteiger partial charge in [-0.1, -0.05) is 48.0 Å². The summed E-state index contributed by atoms with van der Waals surface area (Å²) in [6.45, 7) is 0.927. The van der Waals surface area contributed by atoms with Crippen molar-refractivity contribution in [2.45, 2.75) is 32.1 Å². The monoisotopic (exact) mass is 234 g/mol. The highest BCUT2D eigenvalue weighted by Gasteiger charge is 2.22. The van der Waals surface area contributed by atoms with E-state index in [4.69, 9.17) is 4.74 Å². The molecule has 1 fully saturated rings. The average molecular weight is 235 g/mol. The Morgan fingerprint density at radius 1 is 1.33 bits per heavy atom. The summed E-state index contributed by atoms with van der Waals surface area (Å²) in [6, 6.07) is 0. The Hall–Kier alpha value is 0.440. The summed E-state index contributed by atoms with van der Waals surface area (Å²) >= 11 is 3.57. The molecule has 1 unspecified atom stereocenters. The minimum Gasteiger partial charge on any atom is -0.384 e. The first-order chi connectivity index (χ1) is 5.88. The second-order valence-electron chi connectivity index (χ2n) is 3.77. The van der Waals surface area contributed by atoms with Gasteiger partial charge in [-0.25, -0.2) is 0 Å². The summed E-state index contributed by atoms with van der Waals surface area (Å²) in [6.07, 6.45) is 7.13. The SMILES string of the molecule is COCC(CBr)C1CCCCC1. The van der Waals surface area contributed by atoms with E-state index in [1.54, 1.807) is 7.11 Å². The van der Waals surface area contributed by atoms with Crippen LogP contribution in [0.25, 0.3) is 0 Å². The van der Waals surface area contributed by atoms with Crippen molar-refractivity contribution in [3.8, 4) is 0 Å². The van der Waals surface area contributed by atoms with E-state index in [2.05, 4.69) is 15.9 Å². The number of hydrogen-bond donors (Lipinski definition) is 0. The molecule has 0 N–H and O–H groups in total. The first kappa shape index (κ1) is 10.5. The van der Waals surface area contributed by atoms with Crippen molar-refractivity contribution in [2.75, 3.05) is 19.0 Å². The van der Waals surface area contributed by atoms with Crippen LogP contribution in [0.3, 0.4) is 0 Å². The van der Waals surface area contributed by atoms with Gasteiger partial charge in [0, 0.05) is 12.4 Å². The summed E-state index contributed by atoms with van der Waals surface area (Å²) in [4.78, 5) is 0. The van der Waals surface area contributed by atoms with Crippen molar-refractivity contribution in [3.63, 3.8) is 0 Å². The van der Waals surface area contributed by atoms with Gasteiger partial charge >= 0.3 is 0 Å². The van der Waals surface area contributed by atoms with Crippen LogP contribution in [0.15, 0.2) is 0 Å². The van der Waals surface area contributed by atoms with E-state index in [1.807, 2.05) is 0 Å². The molecule has 72 valence electrons. The quantitative estimate of drug-likeness (QED) is 0.680. The van der Waals surface area contributed by atoms with Gasteiger partial charge in [0.05, 0.1) is 6.61 Å². The molecule has 0 aromatic rings. The van der Waals surface area contributed by atoms with Crippen molar-refractivity contribution in [1.29, 1.82) is 0 Å². The molecular formula is C10H19BrO. The fourth-order valence-electron chi connectivity index (χ4n) is 2.13. The second-order valence-corrected chi connectivity index (χ2v) is 4.42. The molecule has 1 atom stereocenters. The van der Waals surface area contributed by atoms with Crippen molar-refractivity contribution in [2.24, 2.45) is 11.8 Å². The molecule has 0 heterocycles. The summed E-state index contributed by atoms with van der Waals surface area (Å²) < 4.78 is 5.22. The minimum absolute atomic E-state index is 0.746. The van der Waals surface area contributed by atoms with Crippen LogP contribution in [0.5, 0.6) is 0 Å². The molecule has 0 amide bonds. The number of alkyl halides is 1. The van der Waals surface area contributed by atoms with Gasteiger partial charge in [0.2, 0.25) is 0 Å². The van der Waals surface area contributed by atoms with Gasteiger partial charge in [-0.2, -0.15) is 0 Å². The highest BCUT2D eigenvalue weighted by Crippen LogP contribution is 2.30. The lowest BCUT2D eigenvalue weighted by Crippen LogP contribution is -2.23. The summed E-state index contributed by atoms with van der Waals surface area (Å²) in [5, 5.41) is 1.10. The number of ether oxygens (including phenoxy) is 1. The van der Waals surface area contributed by atoms with E-state index < -0.39 is 0 Å². The van der Waals surface area contributed by atoms with Crippen LogP contribution in [0, 0.1) is 11.8 Å². The highest BCUT2D eigenvalue weighted by molar-refractivity contribution is 9.09. The predicted molar refractivity (Wildman–Crippen MR) is 55.7 cm³/mol. The van der Waals surface area contributed by atoms with Crippen molar-refractivity contribution < 1.29 is 4.74 Å². The van der Waals surface area contributed by atoms with Gasteiger partial charge in [0.25, 0.3) is 0 Å². The van der Waals surface area contributed by atoms with Gasteiger partial charge in [-0.05, 0) is 11.8 Å². The molecule has 0 radical (unpaired) electrons. The van der Waals surface area contributed by atoms with E-state index in [9.17, 15) is 0 Å². The molecule has 1 aliphatic rings. The maximum Gasteiger partial charge on any atom is 0.0501 e. The molecular weight excluding hydrogens is 216 g/mol. The topological polar surface area (TPSA) is 9.23 Å². The van der Waals surface area contributed by atoms with Crippen LogP contribution in [0.2, 0.25) is 0 Å². The zero-order valence-electron chi connectivity index (χ0n) is 7.89. The third-order valence-electron chi connectivity index (χ3n) is 2.90. The van der Waals surface area contributed by atoms with Crippen LogP contribution in [-0.2, 0) is 4.74 Å². The maximum atomic E-state index is 5.22. The smallest absolute Gasteiger partial charge is 0.0501 e. The van der Waals surface area contributed by atoms with E-state index in [0.29, 0.717) is 0 Å². The fourth-order valence-corrected chi connectivity index (χ4v) is 2.84. The molecule has 1 nitrogen and oxygen atoms in total. The van der Waals surface area contributed by atoms with Crippen LogP contribution >= 0.6 is 15.9 Å². The van der Waals surface area contributed by atoms with E-state index in [-0.39, 0.29) is 0 Å². The zero-order valence-corrected chi connectivity index (χ0v) is 9.48. The number of rotatable bonds is 4. The summed E-state index contributed by atoms with van der Waals surface area (Å²) in [5.74, 6) is 1.66. The molecule has 1 saturated carbocycles. The Bertz CT molecular complexity index is 108. The second kappa shape index (κ2) is 5.98. The molecule has 2 heteroatoms. The third kappa shape index (κ3) is 3.06. The molecule has 12 heavy (non-hydrogen) atoms. The van der Waals surface area contributed by atoms with Crippen LogP contribution in [0.1, 0.15) is 32.1 Å². The van der Waals surface area contributed by atoms with Crippen molar-refractivity contribution in [1.82, 2.24) is 0 Å². The maximum absolute atomic E-state index is 5.22. The zero-order chi connectivity index (χ0) is 8.81. The molecule has 0 aromatic carbocycles.